The van der Waals surface area contributed by atoms with Gasteiger partial charge < -0.3 is 15.2 Å². The second-order valence-electron chi connectivity index (χ2n) is 5.46. The molecule has 114 valence electrons. The third-order valence-electron chi connectivity index (χ3n) is 3.47. The standard InChI is InChI=1S/C16H26FNO2/c1-4-18-16(3,12-19)9-5-6-10-20-15-8-7-14(17)11-13(15)2/h7-8,11,18-19H,4-6,9-10,12H2,1-3H3. The van der Waals surface area contributed by atoms with Gasteiger partial charge in [-0.1, -0.05) is 6.92 Å². The highest BCUT2D eigenvalue weighted by atomic mass is 19.1. The SMILES string of the molecule is CCNC(C)(CO)CCCCOc1ccc(F)cc1C. The maximum atomic E-state index is 12.9. The van der Waals surface area contributed by atoms with Crippen LogP contribution in [0.1, 0.15) is 38.7 Å². The number of hydrogen-bond acceptors (Lipinski definition) is 3. The van der Waals surface area contributed by atoms with Crippen molar-refractivity contribution in [3.8, 4) is 5.75 Å². The van der Waals surface area contributed by atoms with Crippen LogP contribution in [0.15, 0.2) is 18.2 Å². The molecule has 0 aliphatic carbocycles. The molecule has 0 heterocycles. The Morgan fingerprint density at radius 1 is 1.35 bits per heavy atom. The molecule has 0 bridgehead atoms. The van der Waals surface area contributed by atoms with Crippen molar-refractivity contribution in [2.24, 2.45) is 0 Å². The molecule has 0 aliphatic rings. The molecule has 1 unspecified atom stereocenters. The molecule has 1 aromatic carbocycles. The monoisotopic (exact) mass is 283 g/mol. The van der Waals surface area contributed by atoms with Crippen LogP contribution in [0.4, 0.5) is 4.39 Å². The van der Waals surface area contributed by atoms with Crippen molar-refractivity contribution in [2.75, 3.05) is 19.8 Å². The van der Waals surface area contributed by atoms with Crippen LogP contribution in [0, 0.1) is 12.7 Å². The Balaban J connectivity index is 2.28. The number of likely N-dealkylation sites (N-methyl/N-ethyl adjacent to an activating group) is 1. The van der Waals surface area contributed by atoms with Crippen molar-refractivity contribution in [1.82, 2.24) is 5.32 Å². The summed E-state index contributed by atoms with van der Waals surface area (Å²) < 4.78 is 18.6. The van der Waals surface area contributed by atoms with Gasteiger partial charge in [0.05, 0.1) is 13.2 Å². The quantitative estimate of drug-likeness (QED) is 0.684. The lowest BCUT2D eigenvalue weighted by atomic mass is 9.96. The molecule has 0 amide bonds. The first kappa shape index (κ1) is 16.9. The van der Waals surface area contributed by atoms with E-state index in [2.05, 4.69) is 5.32 Å². The van der Waals surface area contributed by atoms with E-state index in [1.807, 2.05) is 20.8 Å². The van der Waals surface area contributed by atoms with Gasteiger partial charge in [-0.15, -0.1) is 0 Å². The van der Waals surface area contributed by atoms with Gasteiger partial charge in [0.25, 0.3) is 0 Å². The Hall–Kier alpha value is -1.13. The highest BCUT2D eigenvalue weighted by molar-refractivity contribution is 5.32. The summed E-state index contributed by atoms with van der Waals surface area (Å²) in [5, 5.41) is 12.7. The van der Waals surface area contributed by atoms with Crippen molar-refractivity contribution in [3.05, 3.63) is 29.6 Å². The number of rotatable bonds is 9. The van der Waals surface area contributed by atoms with Crippen LogP contribution in [-0.4, -0.2) is 30.4 Å². The summed E-state index contributed by atoms with van der Waals surface area (Å²) in [6.07, 6.45) is 2.80. The number of nitrogens with one attached hydrogen (secondary N) is 1. The predicted octanol–water partition coefficient (Wildman–Crippen LogP) is 3.04. The van der Waals surface area contributed by atoms with Crippen molar-refractivity contribution >= 4 is 0 Å². The average molecular weight is 283 g/mol. The summed E-state index contributed by atoms with van der Waals surface area (Å²) in [4.78, 5) is 0. The largest absolute Gasteiger partial charge is 0.493 e. The van der Waals surface area contributed by atoms with Gasteiger partial charge in [-0.25, -0.2) is 4.39 Å². The van der Waals surface area contributed by atoms with Gasteiger partial charge in [0.1, 0.15) is 11.6 Å². The van der Waals surface area contributed by atoms with E-state index in [-0.39, 0.29) is 18.0 Å². The first-order chi connectivity index (χ1) is 9.50. The van der Waals surface area contributed by atoms with Gasteiger partial charge in [-0.3, -0.25) is 0 Å². The zero-order valence-corrected chi connectivity index (χ0v) is 12.7. The lowest BCUT2D eigenvalue weighted by Crippen LogP contribution is -2.45. The first-order valence-corrected chi connectivity index (χ1v) is 7.25. The Kier molecular flexibility index (Phi) is 6.96. The summed E-state index contributed by atoms with van der Waals surface area (Å²) in [6.45, 7) is 7.50. The fourth-order valence-electron chi connectivity index (χ4n) is 2.22. The highest BCUT2D eigenvalue weighted by Crippen LogP contribution is 2.19. The lowest BCUT2D eigenvalue weighted by molar-refractivity contribution is 0.162. The average Bonchev–Trinajstić information content (AvgIpc) is 2.41. The van der Waals surface area contributed by atoms with E-state index < -0.39 is 0 Å². The lowest BCUT2D eigenvalue weighted by Gasteiger charge is -2.28. The first-order valence-electron chi connectivity index (χ1n) is 7.25. The van der Waals surface area contributed by atoms with E-state index >= 15 is 0 Å². The molecule has 1 atom stereocenters. The molecule has 0 fully saturated rings. The molecule has 0 aromatic heterocycles. The summed E-state index contributed by atoms with van der Waals surface area (Å²) in [7, 11) is 0. The van der Waals surface area contributed by atoms with Crippen molar-refractivity contribution in [3.63, 3.8) is 0 Å². The van der Waals surface area contributed by atoms with Crippen LogP contribution in [0.2, 0.25) is 0 Å². The maximum Gasteiger partial charge on any atom is 0.123 e. The summed E-state index contributed by atoms with van der Waals surface area (Å²) in [5.74, 6) is 0.502. The Morgan fingerprint density at radius 3 is 2.70 bits per heavy atom. The van der Waals surface area contributed by atoms with Crippen LogP contribution < -0.4 is 10.1 Å². The molecule has 0 aliphatic heterocycles. The zero-order chi connectivity index (χ0) is 15.0. The van der Waals surface area contributed by atoms with Gasteiger partial charge >= 0.3 is 0 Å². The molecule has 4 heteroatoms. The topological polar surface area (TPSA) is 41.5 Å². The molecule has 2 N–H and O–H groups in total. The summed E-state index contributed by atoms with van der Waals surface area (Å²) in [5.41, 5.74) is 0.610. The minimum Gasteiger partial charge on any atom is -0.493 e. The van der Waals surface area contributed by atoms with E-state index in [1.54, 1.807) is 6.07 Å². The zero-order valence-electron chi connectivity index (χ0n) is 12.7. The van der Waals surface area contributed by atoms with Gasteiger partial charge in [0, 0.05) is 5.54 Å². The van der Waals surface area contributed by atoms with E-state index in [0.29, 0.717) is 6.61 Å². The van der Waals surface area contributed by atoms with Gasteiger partial charge in [-0.2, -0.15) is 0 Å². The molecule has 0 saturated heterocycles. The number of benzene rings is 1. The number of aliphatic hydroxyl groups excluding tert-OH is 1. The number of ether oxygens (including phenoxy) is 1. The van der Waals surface area contributed by atoms with Crippen molar-refractivity contribution in [1.29, 1.82) is 0 Å². The molecular formula is C16H26FNO2. The smallest absolute Gasteiger partial charge is 0.123 e. The van der Waals surface area contributed by atoms with Crippen LogP contribution in [-0.2, 0) is 0 Å². The number of aryl methyl sites for hydroxylation is 1. The molecular weight excluding hydrogens is 257 g/mol. The Labute approximate surface area is 121 Å². The second kappa shape index (κ2) is 8.22. The summed E-state index contributed by atoms with van der Waals surface area (Å²) >= 11 is 0. The molecule has 0 spiro atoms. The van der Waals surface area contributed by atoms with Crippen LogP contribution >= 0.6 is 0 Å². The Bertz CT molecular complexity index is 411. The molecule has 0 radical (unpaired) electrons. The maximum absolute atomic E-state index is 12.9. The normalized spacial score (nSPS) is 14.1. The van der Waals surface area contributed by atoms with Gasteiger partial charge in [0.2, 0.25) is 0 Å². The molecule has 0 saturated carbocycles. The Morgan fingerprint density at radius 2 is 2.10 bits per heavy atom. The minimum absolute atomic E-state index is 0.138. The minimum atomic E-state index is -0.237. The van der Waals surface area contributed by atoms with E-state index in [4.69, 9.17) is 4.74 Å². The van der Waals surface area contributed by atoms with Crippen LogP contribution in [0.5, 0.6) is 5.75 Å². The van der Waals surface area contributed by atoms with E-state index in [0.717, 1.165) is 37.1 Å². The van der Waals surface area contributed by atoms with Crippen molar-refractivity contribution in [2.45, 2.75) is 45.6 Å². The fraction of sp³-hybridized carbons (Fsp3) is 0.625. The number of unbranched alkanes of at least 4 members (excludes halogenated alkanes) is 1. The molecule has 1 rings (SSSR count). The van der Waals surface area contributed by atoms with E-state index in [1.165, 1.54) is 12.1 Å². The fourth-order valence-corrected chi connectivity index (χ4v) is 2.22. The van der Waals surface area contributed by atoms with Crippen molar-refractivity contribution < 1.29 is 14.2 Å². The number of halogens is 1. The second-order valence-corrected chi connectivity index (χ2v) is 5.46. The predicted molar refractivity (Wildman–Crippen MR) is 79.7 cm³/mol. The number of hydrogen-bond donors (Lipinski definition) is 2. The van der Waals surface area contributed by atoms with Gasteiger partial charge in [0.15, 0.2) is 0 Å². The molecule has 20 heavy (non-hydrogen) atoms. The third-order valence-corrected chi connectivity index (χ3v) is 3.47. The molecule has 3 nitrogen and oxygen atoms in total. The summed E-state index contributed by atoms with van der Waals surface area (Å²) in [6, 6.07) is 4.56. The van der Waals surface area contributed by atoms with E-state index in [9.17, 15) is 9.50 Å². The number of aliphatic hydroxyl groups is 1. The molecule has 1 aromatic rings. The third kappa shape index (κ3) is 5.47. The van der Waals surface area contributed by atoms with Gasteiger partial charge in [-0.05, 0) is 63.4 Å². The highest BCUT2D eigenvalue weighted by Gasteiger charge is 2.20. The van der Waals surface area contributed by atoms with Crippen LogP contribution in [0.25, 0.3) is 0 Å². The van der Waals surface area contributed by atoms with Crippen LogP contribution in [0.3, 0.4) is 0 Å².